The number of nitrogens with zero attached hydrogens (tertiary/aromatic N) is 25. The van der Waals surface area contributed by atoms with Gasteiger partial charge in [-0.3, -0.25) is 30.6 Å². The highest BCUT2D eigenvalue weighted by atomic mass is 19.1. The van der Waals surface area contributed by atoms with Crippen LogP contribution in [0, 0.1) is 42.6 Å². The first-order valence-corrected chi connectivity index (χ1v) is 47.8. The number of aromatic amines is 6. The van der Waals surface area contributed by atoms with E-state index in [4.69, 9.17) is 6.57 Å². The monoisotopic (exact) mass is 2020 g/mol. The van der Waals surface area contributed by atoms with Gasteiger partial charge in [-0.2, -0.15) is 60.5 Å². The first-order chi connectivity index (χ1) is 72.3. The van der Waals surface area contributed by atoms with Gasteiger partial charge in [0.1, 0.15) is 67.1 Å². The lowest BCUT2D eigenvalue weighted by Crippen LogP contribution is -2.11. The Balaban J connectivity index is 0.000000134. The molecule has 43 nitrogen and oxygen atoms in total. The summed E-state index contributed by atoms with van der Waals surface area (Å²) in [5.41, 5.74) is 12.5. The molecule has 2 aliphatic carbocycles. The molecule has 0 spiro atoms. The van der Waals surface area contributed by atoms with Crippen LogP contribution in [-0.2, 0) is 13.0 Å². The van der Waals surface area contributed by atoms with Crippen molar-refractivity contribution in [3.63, 3.8) is 0 Å². The molecule has 0 amide bonds. The first-order valence-electron chi connectivity index (χ1n) is 47.8. The molecule has 0 aliphatic heterocycles. The Labute approximate surface area is 853 Å². The topological polar surface area (TPSA) is 553 Å². The smallest absolute Gasteiger partial charge is 0.233 e. The van der Waals surface area contributed by atoms with Crippen LogP contribution in [0.4, 0.5) is 134 Å². The maximum absolute atomic E-state index is 13.0. The van der Waals surface area contributed by atoms with Crippen molar-refractivity contribution in [2.75, 3.05) is 63.8 Å². The second kappa shape index (κ2) is 51.9. The normalized spacial score (nSPS) is 12.9. The van der Waals surface area contributed by atoms with Crippen molar-refractivity contribution in [2.24, 2.45) is 0 Å². The number of aromatic nitrogens is 30. The van der Waals surface area contributed by atoms with Crippen LogP contribution in [0.5, 0.6) is 0 Å². The maximum Gasteiger partial charge on any atom is 0.233 e. The number of hydrogen-bond donors (Lipinski definition) is 18. The summed E-state index contributed by atoms with van der Waals surface area (Å²) >= 11 is 0. The van der Waals surface area contributed by atoms with E-state index in [2.05, 4.69) is 240 Å². The molecule has 0 radical (unpaired) electrons. The van der Waals surface area contributed by atoms with Crippen LogP contribution in [0.2, 0.25) is 0 Å². The maximum atomic E-state index is 13.0. The van der Waals surface area contributed by atoms with Crippen LogP contribution >= 0.6 is 0 Å². The van der Waals surface area contributed by atoms with Crippen LogP contribution in [0.15, 0.2) is 226 Å². The lowest BCUT2D eigenvalue weighted by atomic mass is 9.83. The highest BCUT2D eigenvalue weighted by Crippen LogP contribution is 2.40. The highest BCUT2D eigenvalue weighted by Gasteiger charge is 2.27. The van der Waals surface area contributed by atoms with Crippen LogP contribution in [0.1, 0.15) is 216 Å². The minimum Gasteiger partial charge on any atom is -0.350 e. The summed E-state index contributed by atoms with van der Waals surface area (Å²) in [6, 6.07) is 50.1. The Morgan fingerprint density at radius 3 is 0.980 bits per heavy atom. The van der Waals surface area contributed by atoms with Crippen LogP contribution in [0.25, 0.3) is 10.9 Å². The van der Waals surface area contributed by atoms with Crippen LogP contribution in [-0.4, -0.2) is 151 Å². The van der Waals surface area contributed by atoms with Gasteiger partial charge >= 0.3 is 0 Å². The average molecular weight is 2020 g/mol. The van der Waals surface area contributed by atoms with Gasteiger partial charge in [-0.1, -0.05) is 125 Å². The van der Waals surface area contributed by atoms with E-state index in [1.54, 1.807) is 72.8 Å². The third-order valence-corrected chi connectivity index (χ3v) is 22.7. The van der Waals surface area contributed by atoms with Crippen molar-refractivity contribution in [3.05, 3.63) is 334 Å². The third kappa shape index (κ3) is 32.6. The minimum absolute atomic E-state index is 0.0681. The largest absolute Gasteiger partial charge is 0.350 e. The summed E-state index contributed by atoms with van der Waals surface area (Å²) in [6.45, 7) is 27.4. The van der Waals surface area contributed by atoms with Gasteiger partial charge in [0, 0.05) is 83.2 Å². The molecule has 48 heteroatoms. The number of nitrogens with one attached hydrogen (secondary N) is 18. The van der Waals surface area contributed by atoms with Gasteiger partial charge in [0.25, 0.3) is 0 Å². The summed E-state index contributed by atoms with van der Waals surface area (Å²) < 4.78 is 65.1. The number of H-pyrrole nitrogens is 6. The molecule has 6 aromatic carbocycles. The zero-order valence-corrected chi connectivity index (χ0v) is 82.8. The highest BCUT2D eigenvalue weighted by molar-refractivity contribution is 5.58. The fourth-order valence-electron chi connectivity index (χ4n) is 14.3. The van der Waals surface area contributed by atoms with E-state index in [0.29, 0.717) is 136 Å². The zero-order valence-electron chi connectivity index (χ0n) is 82.8. The van der Waals surface area contributed by atoms with Gasteiger partial charge in [0.15, 0.2) is 40.6 Å². The van der Waals surface area contributed by atoms with E-state index in [1.165, 1.54) is 131 Å². The number of aryl methyl sites for hydroxylation is 2. The van der Waals surface area contributed by atoms with Gasteiger partial charge < -0.3 is 63.8 Å². The van der Waals surface area contributed by atoms with Crippen molar-refractivity contribution in [2.45, 2.75) is 169 Å². The molecule has 5 atom stereocenters. The molecule has 18 N–H and O–H groups in total. The molecule has 764 valence electrons. The number of anilines is 18. The Morgan fingerprint density at radius 2 is 0.658 bits per heavy atom. The molecule has 2 aliphatic rings. The van der Waals surface area contributed by atoms with E-state index in [1.807, 2.05) is 109 Å². The average Bonchev–Trinajstić information content (AvgIpc) is 1.67. The predicted octanol–water partition coefficient (Wildman–Crippen LogP) is 21.3. The fourth-order valence-corrected chi connectivity index (χ4v) is 14.3. The zero-order chi connectivity index (χ0) is 104. The molecule has 2 saturated carbocycles. The lowest BCUT2D eigenvalue weighted by Gasteiger charge is -2.23. The molecule has 12 heterocycles. The molecule has 18 aromatic rings. The third-order valence-electron chi connectivity index (χ3n) is 22.7. The number of rotatable bonds is 36. The van der Waals surface area contributed by atoms with E-state index in [-0.39, 0.29) is 59.3 Å². The fraction of sp³-hybridized carbons (Fsp3) is 0.257. The van der Waals surface area contributed by atoms with Gasteiger partial charge in [-0.25, -0.2) is 86.6 Å². The SMILES string of the molecule is C/C=C/c1cc(Nc2ncnc(NC(C)c3ccc(F)cc3)n2)n[nH]1.CC(C)c1cc(Nc2ncnc(NC(C)c3ccc(F)cc3)n2)n[nH]1.CC(Nc1ncnc(Nc2cc(C3CCC3)[nH]n2)n1)c1ccc(F)cc1.CCCc1cc(Nc2ncnc(NC(C)c3ccc(F)cc3)n2)n[nH]1.Cc1cc(Nc2ncnc(NC(C)c3ccc(F)cc3)n2)n[nH]1.[C-]#[N+]c1ccc(CNc2ncnc(Nc3cc(C4CC4)[nH]n3)n2)cc1. The Morgan fingerprint density at radius 1 is 0.349 bits per heavy atom. The molecule has 2 fully saturated rings. The molecular weight excluding hydrogens is 1910 g/mol. The number of allylic oxidation sites excluding steroid dienone is 1. The minimum atomic E-state index is -0.265. The van der Waals surface area contributed by atoms with E-state index >= 15 is 0 Å². The van der Waals surface area contributed by atoms with E-state index < -0.39 is 0 Å². The van der Waals surface area contributed by atoms with Crippen LogP contribution < -0.4 is 63.8 Å². The standard InChI is InChI=1S/C18H20FN7.2C17H20FN7.C17H18FN7.C17H16N8.C15H16FN7/c1-11(12-5-7-14(19)8-6-12)22-17-20-10-21-18(24-17)23-16-9-15(25-26-16)13-3-2-4-13;1-10(2)14-8-15(25-24-14)22-17-20-9-19-16(23-17)21-11(3)12-4-6-13(18)7-5-12;2*1-3-4-14-9-15(25-24-14)22-17-20-10-19-16(23-17)21-11(2)12-5-7-13(18)8-6-12;1-18-13-6-2-11(3-7-13)9-19-16-20-10-21-17(23-16)22-15-8-14(24-25-15)12-4-5-12;1-9-7-13(23-22-9)20-15-18-8-17-14(21-15)19-10(2)11-3-5-12(16)6-4-11/h5-11,13H,2-4H2,1H3,(H3,20,21,22,23,24,25,26);4-11H,1-3H3,(H3,19,20,21,22,23,24,25);5-11H,3-4H2,1-2H3,(H3,19,20,21,22,23,24,25);3-11H,1-2H3,(H3,19,20,21,22,23,24,25);2-3,6-8,10,12H,4-5,9H2,(H3,19,20,21,22,23,24,25);3-8,10H,1-2H3,(H3,17,18,19,20,21,22,23)/b;;;4-3+;;. The van der Waals surface area contributed by atoms with Gasteiger partial charge in [-0.15, -0.1) is 0 Å². The summed E-state index contributed by atoms with van der Waals surface area (Å²) in [4.78, 5) is 78.7. The van der Waals surface area contributed by atoms with E-state index in [0.717, 1.165) is 80.4 Å². The van der Waals surface area contributed by atoms with Crippen molar-refractivity contribution in [3.8, 4) is 0 Å². The Bertz CT molecular complexity index is 7290. The number of benzene rings is 6. The quantitative estimate of drug-likeness (QED) is 0.0128. The Hall–Kier alpha value is -18.9. The van der Waals surface area contributed by atoms with Crippen LogP contribution in [0.3, 0.4) is 0 Å². The predicted molar refractivity (Wildman–Crippen MR) is 558 cm³/mol. The van der Waals surface area contributed by atoms with Crippen molar-refractivity contribution in [1.29, 1.82) is 0 Å². The van der Waals surface area contributed by atoms with Gasteiger partial charge in [-0.05, 0) is 187 Å². The second-order valence-corrected chi connectivity index (χ2v) is 34.6. The molecule has 149 heavy (non-hydrogen) atoms. The second-order valence-electron chi connectivity index (χ2n) is 34.6. The van der Waals surface area contributed by atoms with Gasteiger partial charge in [0.2, 0.25) is 71.4 Å². The van der Waals surface area contributed by atoms with Gasteiger partial charge in [0.05, 0.1) is 42.5 Å². The summed E-state index contributed by atoms with van der Waals surface area (Å²) in [5.74, 6) is 9.22. The number of hydrogen-bond acceptors (Lipinski definition) is 36. The first kappa shape index (κ1) is 104. The van der Waals surface area contributed by atoms with Crippen molar-refractivity contribution >= 4 is 118 Å². The molecular formula is C101H110F5N43. The molecule has 12 aromatic heterocycles. The van der Waals surface area contributed by atoms with Crippen molar-refractivity contribution in [1.82, 2.24) is 151 Å². The van der Waals surface area contributed by atoms with Crippen molar-refractivity contribution < 1.29 is 22.0 Å². The Kier molecular flexibility index (Phi) is 36.4. The molecule has 0 saturated heterocycles. The summed E-state index contributed by atoms with van der Waals surface area (Å²) in [5, 5.41) is 80.1. The van der Waals surface area contributed by atoms with E-state index in [9.17, 15) is 22.0 Å². The molecule has 20 rings (SSSR count). The number of halogens is 5. The molecule has 0 bridgehead atoms. The molecule has 5 unspecified atom stereocenters. The lowest BCUT2D eigenvalue weighted by molar-refractivity contribution is 0.410. The summed E-state index contributed by atoms with van der Waals surface area (Å²) in [6.07, 6.45) is 20.5. The summed E-state index contributed by atoms with van der Waals surface area (Å²) in [7, 11) is 0.